The maximum atomic E-state index is 6.35. The van der Waals surface area contributed by atoms with E-state index in [1.807, 2.05) is 0 Å². The van der Waals surface area contributed by atoms with Crippen LogP contribution in [-0.4, -0.2) is 49.1 Å². The lowest BCUT2D eigenvalue weighted by atomic mass is 9.83. The van der Waals surface area contributed by atoms with Crippen molar-refractivity contribution < 1.29 is 9.47 Å². The van der Waals surface area contributed by atoms with Crippen LogP contribution in [-0.2, 0) is 9.47 Å². The molecule has 2 N–H and O–H groups in total. The van der Waals surface area contributed by atoms with Crippen molar-refractivity contribution in [1.82, 2.24) is 4.90 Å². The summed E-state index contributed by atoms with van der Waals surface area (Å²) in [7, 11) is 0. The second-order valence-electron chi connectivity index (χ2n) is 6.32. The fourth-order valence-electron chi connectivity index (χ4n) is 3.84. The molecule has 1 saturated carbocycles. The first-order chi connectivity index (χ1) is 8.69. The maximum absolute atomic E-state index is 6.35. The Bertz CT molecular complexity index is 292. The minimum atomic E-state index is -0.304. The minimum Gasteiger partial charge on any atom is -0.347 e. The van der Waals surface area contributed by atoms with E-state index in [2.05, 4.69) is 11.8 Å². The van der Waals surface area contributed by atoms with Gasteiger partial charge in [0.15, 0.2) is 5.79 Å². The molecule has 0 amide bonds. The molecule has 3 unspecified atom stereocenters. The molecule has 0 aromatic carbocycles. The summed E-state index contributed by atoms with van der Waals surface area (Å²) in [5.41, 5.74) is 6.35. The number of nitrogens with zero attached hydrogens (tertiary/aromatic N) is 1. The van der Waals surface area contributed by atoms with E-state index in [1.165, 1.54) is 25.9 Å². The molecule has 18 heavy (non-hydrogen) atoms. The van der Waals surface area contributed by atoms with Gasteiger partial charge >= 0.3 is 0 Å². The molecule has 0 bridgehead atoms. The van der Waals surface area contributed by atoms with Gasteiger partial charge in [-0.15, -0.1) is 0 Å². The van der Waals surface area contributed by atoms with Gasteiger partial charge in [0.2, 0.25) is 0 Å². The Balaban J connectivity index is 1.68. The molecule has 2 aliphatic heterocycles. The third kappa shape index (κ3) is 2.44. The average molecular weight is 254 g/mol. The van der Waals surface area contributed by atoms with Crippen LogP contribution in [0.25, 0.3) is 0 Å². The quantitative estimate of drug-likeness (QED) is 0.767. The first-order valence-corrected chi connectivity index (χ1v) is 7.46. The Morgan fingerprint density at radius 3 is 2.72 bits per heavy atom. The van der Waals surface area contributed by atoms with E-state index in [0.29, 0.717) is 6.04 Å². The van der Waals surface area contributed by atoms with Gasteiger partial charge in [-0.25, -0.2) is 0 Å². The van der Waals surface area contributed by atoms with Crippen LogP contribution < -0.4 is 5.73 Å². The van der Waals surface area contributed by atoms with E-state index >= 15 is 0 Å². The van der Waals surface area contributed by atoms with Crippen molar-refractivity contribution >= 4 is 0 Å². The molecule has 4 nitrogen and oxygen atoms in total. The van der Waals surface area contributed by atoms with E-state index in [4.69, 9.17) is 15.2 Å². The molecule has 104 valence electrons. The van der Waals surface area contributed by atoms with Crippen LogP contribution in [0.5, 0.6) is 0 Å². The minimum absolute atomic E-state index is 0.286. The predicted molar refractivity (Wildman–Crippen MR) is 70.2 cm³/mol. The summed E-state index contributed by atoms with van der Waals surface area (Å²) in [5.74, 6) is 0.496. The summed E-state index contributed by atoms with van der Waals surface area (Å²) in [4.78, 5) is 2.59. The van der Waals surface area contributed by atoms with Gasteiger partial charge in [-0.1, -0.05) is 6.92 Å². The third-order valence-electron chi connectivity index (χ3n) is 4.84. The lowest BCUT2D eigenvalue weighted by Crippen LogP contribution is -2.58. The number of ether oxygens (including phenoxy) is 2. The molecule has 2 heterocycles. The molecule has 4 heteroatoms. The molecule has 3 rings (SSSR count). The van der Waals surface area contributed by atoms with Gasteiger partial charge in [0.25, 0.3) is 0 Å². The maximum Gasteiger partial charge on any atom is 0.170 e. The van der Waals surface area contributed by atoms with Gasteiger partial charge in [0, 0.05) is 31.5 Å². The Hall–Kier alpha value is -0.160. The molecular formula is C14H26N2O2. The highest BCUT2D eigenvalue weighted by atomic mass is 16.7. The Morgan fingerprint density at radius 2 is 2.00 bits per heavy atom. The van der Waals surface area contributed by atoms with Crippen molar-refractivity contribution in [2.45, 2.75) is 56.9 Å². The van der Waals surface area contributed by atoms with Crippen molar-refractivity contribution in [3.8, 4) is 0 Å². The lowest BCUT2D eigenvalue weighted by Gasteiger charge is -2.46. The molecule has 3 atom stereocenters. The predicted octanol–water partition coefficient (Wildman–Crippen LogP) is 1.34. The number of hydrogen-bond acceptors (Lipinski definition) is 4. The van der Waals surface area contributed by atoms with Crippen LogP contribution in [0.1, 0.15) is 39.0 Å². The van der Waals surface area contributed by atoms with Crippen molar-refractivity contribution in [3.63, 3.8) is 0 Å². The molecule has 0 radical (unpaired) electrons. The van der Waals surface area contributed by atoms with Crippen molar-refractivity contribution in [3.05, 3.63) is 0 Å². The summed E-state index contributed by atoms with van der Waals surface area (Å²) < 4.78 is 11.7. The summed E-state index contributed by atoms with van der Waals surface area (Å²) in [5, 5.41) is 0. The van der Waals surface area contributed by atoms with Crippen molar-refractivity contribution in [1.29, 1.82) is 0 Å². The zero-order valence-electron chi connectivity index (χ0n) is 11.4. The van der Waals surface area contributed by atoms with Crippen molar-refractivity contribution in [2.24, 2.45) is 11.7 Å². The van der Waals surface area contributed by atoms with Crippen LogP contribution in [0.15, 0.2) is 0 Å². The van der Waals surface area contributed by atoms with Crippen LogP contribution in [0, 0.1) is 5.92 Å². The monoisotopic (exact) mass is 254 g/mol. The molecular weight excluding hydrogens is 228 g/mol. The Labute approximate surface area is 110 Å². The van der Waals surface area contributed by atoms with E-state index in [0.717, 1.165) is 38.4 Å². The topological polar surface area (TPSA) is 47.7 Å². The molecule has 0 aromatic rings. The first-order valence-electron chi connectivity index (χ1n) is 7.46. The smallest absolute Gasteiger partial charge is 0.170 e. The zero-order chi connectivity index (χ0) is 12.6. The Morgan fingerprint density at radius 1 is 1.22 bits per heavy atom. The number of nitrogens with two attached hydrogens (primary N) is 1. The van der Waals surface area contributed by atoms with Gasteiger partial charge < -0.3 is 15.2 Å². The fraction of sp³-hybridized carbons (Fsp3) is 1.00. The zero-order valence-corrected chi connectivity index (χ0v) is 11.4. The van der Waals surface area contributed by atoms with E-state index in [9.17, 15) is 0 Å². The number of piperidine rings is 1. The fourth-order valence-corrected chi connectivity index (χ4v) is 3.84. The number of hydrogen-bond donors (Lipinski definition) is 1. The summed E-state index contributed by atoms with van der Waals surface area (Å²) in [6.45, 7) is 6.23. The van der Waals surface area contributed by atoms with Crippen LogP contribution in [0.4, 0.5) is 0 Å². The highest BCUT2D eigenvalue weighted by Gasteiger charge is 2.46. The second-order valence-corrected chi connectivity index (χ2v) is 6.32. The highest BCUT2D eigenvalue weighted by Crippen LogP contribution is 2.38. The summed E-state index contributed by atoms with van der Waals surface area (Å²) in [6, 6.07) is 0.730. The largest absolute Gasteiger partial charge is 0.347 e. The first kappa shape index (κ1) is 12.9. The second kappa shape index (κ2) is 5.08. The van der Waals surface area contributed by atoms with Gasteiger partial charge in [-0.05, 0) is 31.7 Å². The lowest BCUT2D eigenvalue weighted by molar-refractivity contribution is -0.193. The summed E-state index contributed by atoms with van der Waals surface area (Å²) >= 11 is 0. The van der Waals surface area contributed by atoms with Gasteiger partial charge in [0.1, 0.15) is 0 Å². The molecule has 1 aliphatic carbocycles. The molecule has 0 aromatic heterocycles. The SMILES string of the molecule is CC1CCCN(C2CC3(CCC2N)OCCO3)C1. The standard InChI is InChI=1S/C14H26N2O2/c1-11-3-2-6-16(10-11)13-9-14(5-4-12(13)15)17-7-8-18-14/h11-13H,2-10,15H2,1H3. The highest BCUT2D eigenvalue weighted by molar-refractivity contribution is 4.96. The van der Waals surface area contributed by atoms with Crippen LogP contribution in [0.2, 0.25) is 0 Å². The van der Waals surface area contributed by atoms with Gasteiger partial charge in [-0.2, -0.15) is 0 Å². The normalized spacial score (nSPS) is 41.3. The van der Waals surface area contributed by atoms with Crippen LogP contribution >= 0.6 is 0 Å². The Kier molecular flexibility index (Phi) is 3.63. The molecule has 3 fully saturated rings. The van der Waals surface area contributed by atoms with E-state index in [1.54, 1.807) is 0 Å². The van der Waals surface area contributed by atoms with Gasteiger partial charge in [0.05, 0.1) is 13.2 Å². The van der Waals surface area contributed by atoms with E-state index < -0.39 is 0 Å². The molecule has 1 spiro atoms. The summed E-state index contributed by atoms with van der Waals surface area (Å²) in [6.07, 6.45) is 5.61. The van der Waals surface area contributed by atoms with Gasteiger partial charge in [-0.3, -0.25) is 4.90 Å². The molecule has 2 saturated heterocycles. The third-order valence-corrected chi connectivity index (χ3v) is 4.84. The molecule has 3 aliphatic rings. The van der Waals surface area contributed by atoms with Crippen molar-refractivity contribution in [2.75, 3.05) is 26.3 Å². The van der Waals surface area contributed by atoms with Crippen LogP contribution in [0.3, 0.4) is 0 Å². The average Bonchev–Trinajstić information content (AvgIpc) is 2.81. The number of likely N-dealkylation sites (tertiary alicyclic amines) is 1. The number of rotatable bonds is 1. The van der Waals surface area contributed by atoms with E-state index in [-0.39, 0.29) is 11.8 Å².